The van der Waals surface area contributed by atoms with Crippen LogP contribution >= 0.6 is 0 Å². The SMILES string of the molecule is O=C1C=CC2CO[C@@H]1O2. The van der Waals surface area contributed by atoms with E-state index in [0.29, 0.717) is 6.61 Å². The van der Waals surface area contributed by atoms with E-state index < -0.39 is 6.29 Å². The van der Waals surface area contributed by atoms with Crippen molar-refractivity contribution in [3.8, 4) is 0 Å². The van der Waals surface area contributed by atoms with Gasteiger partial charge in [-0.1, -0.05) is 0 Å². The zero-order valence-corrected chi connectivity index (χ0v) is 4.74. The van der Waals surface area contributed by atoms with Crippen LogP contribution < -0.4 is 0 Å². The van der Waals surface area contributed by atoms with E-state index in [4.69, 9.17) is 9.47 Å². The minimum atomic E-state index is -0.597. The van der Waals surface area contributed by atoms with Gasteiger partial charge in [0.1, 0.15) is 6.10 Å². The molecule has 0 saturated carbocycles. The van der Waals surface area contributed by atoms with Crippen LogP contribution in [-0.4, -0.2) is 24.8 Å². The van der Waals surface area contributed by atoms with Crippen molar-refractivity contribution in [2.75, 3.05) is 6.61 Å². The molecule has 2 rings (SSSR count). The Morgan fingerprint density at radius 2 is 2.56 bits per heavy atom. The van der Waals surface area contributed by atoms with Crippen molar-refractivity contribution in [2.45, 2.75) is 12.4 Å². The standard InChI is InChI=1S/C6H6O3/c7-5-2-1-4-3-8-6(5)9-4/h1-2,4,6H,3H2/t4?,6-/m1/s1. The highest BCUT2D eigenvalue weighted by molar-refractivity contribution is 5.93. The summed E-state index contributed by atoms with van der Waals surface area (Å²) >= 11 is 0. The average molecular weight is 126 g/mol. The van der Waals surface area contributed by atoms with Crippen LogP contribution in [0, 0.1) is 0 Å². The maximum atomic E-state index is 10.7. The predicted octanol–water partition coefficient (Wildman–Crippen LogP) is -0.133. The van der Waals surface area contributed by atoms with Gasteiger partial charge in [0.2, 0.25) is 12.1 Å². The number of carbonyl (C=O) groups is 1. The zero-order chi connectivity index (χ0) is 6.27. The molecule has 0 aliphatic carbocycles. The van der Waals surface area contributed by atoms with Crippen LogP contribution in [0.2, 0.25) is 0 Å². The number of fused-ring (bicyclic) bond motifs is 2. The monoisotopic (exact) mass is 126 g/mol. The fourth-order valence-electron chi connectivity index (χ4n) is 0.950. The van der Waals surface area contributed by atoms with Crippen LogP contribution in [0.3, 0.4) is 0 Å². The number of ether oxygens (including phenoxy) is 2. The fourth-order valence-corrected chi connectivity index (χ4v) is 0.950. The fraction of sp³-hybridized carbons (Fsp3) is 0.500. The molecule has 3 nitrogen and oxygen atoms in total. The van der Waals surface area contributed by atoms with E-state index >= 15 is 0 Å². The van der Waals surface area contributed by atoms with Gasteiger partial charge >= 0.3 is 0 Å². The van der Waals surface area contributed by atoms with Crippen LogP contribution in [0.5, 0.6) is 0 Å². The summed E-state index contributed by atoms with van der Waals surface area (Å²) in [6.07, 6.45) is 2.67. The summed E-state index contributed by atoms with van der Waals surface area (Å²) in [6.45, 7) is 0.521. The van der Waals surface area contributed by atoms with Crippen molar-refractivity contribution in [1.29, 1.82) is 0 Å². The van der Waals surface area contributed by atoms with Gasteiger partial charge in [-0.3, -0.25) is 4.79 Å². The summed E-state index contributed by atoms with van der Waals surface area (Å²) in [4.78, 5) is 10.7. The Labute approximate surface area is 52.3 Å². The van der Waals surface area contributed by atoms with Gasteiger partial charge in [-0.15, -0.1) is 0 Å². The van der Waals surface area contributed by atoms with Crippen LogP contribution in [-0.2, 0) is 14.3 Å². The first-order valence-electron chi connectivity index (χ1n) is 2.85. The van der Waals surface area contributed by atoms with E-state index in [0.717, 1.165) is 0 Å². The Morgan fingerprint density at radius 3 is 3.33 bits per heavy atom. The van der Waals surface area contributed by atoms with Gasteiger partial charge in [0.25, 0.3) is 0 Å². The maximum absolute atomic E-state index is 10.7. The summed E-state index contributed by atoms with van der Waals surface area (Å²) in [6, 6.07) is 0. The maximum Gasteiger partial charge on any atom is 0.222 e. The summed E-state index contributed by atoms with van der Waals surface area (Å²) in [7, 11) is 0. The summed E-state index contributed by atoms with van der Waals surface area (Å²) in [5, 5.41) is 0. The second-order valence-electron chi connectivity index (χ2n) is 2.10. The highest BCUT2D eigenvalue weighted by atomic mass is 16.7. The highest BCUT2D eigenvalue weighted by Gasteiger charge is 2.32. The first kappa shape index (κ1) is 5.14. The molecule has 0 N–H and O–H groups in total. The van der Waals surface area contributed by atoms with Gasteiger partial charge in [-0.05, 0) is 12.2 Å². The van der Waals surface area contributed by atoms with Crippen LogP contribution in [0.1, 0.15) is 0 Å². The molecule has 2 heterocycles. The largest absolute Gasteiger partial charge is 0.343 e. The van der Waals surface area contributed by atoms with Crippen molar-refractivity contribution >= 4 is 5.78 Å². The van der Waals surface area contributed by atoms with Crippen molar-refractivity contribution in [1.82, 2.24) is 0 Å². The third-order valence-corrected chi connectivity index (χ3v) is 1.42. The number of hydrogen-bond donors (Lipinski definition) is 0. The molecular formula is C6H6O3. The molecule has 9 heavy (non-hydrogen) atoms. The van der Waals surface area contributed by atoms with Gasteiger partial charge in [0.15, 0.2) is 0 Å². The summed E-state index contributed by atoms with van der Waals surface area (Å²) in [5.74, 6) is -0.0799. The molecule has 1 saturated heterocycles. The second-order valence-corrected chi connectivity index (χ2v) is 2.10. The molecule has 1 fully saturated rings. The molecule has 0 aromatic carbocycles. The molecule has 3 heteroatoms. The number of carbonyl (C=O) groups excluding carboxylic acids is 1. The Kier molecular flexibility index (Phi) is 0.944. The van der Waals surface area contributed by atoms with Gasteiger partial charge in [0, 0.05) is 0 Å². The minimum absolute atomic E-state index is 0.0210. The molecule has 0 spiro atoms. The first-order chi connectivity index (χ1) is 4.36. The van der Waals surface area contributed by atoms with Crippen molar-refractivity contribution in [2.24, 2.45) is 0 Å². The third-order valence-electron chi connectivity index (χ3n) is 1.42. The lowest BCUT2D eigenvalue weighted by molar-refractivity contribution is -0.141. The molecule has 0 aromatic heterocycles. The minimum Gasteiger partial charge on any atom is -0.343 e. The Balaban J connectivity index is 2.29. The van der Waals surface area contributed by atoms with Crippen molar-refractivity contribution < 1.29 is 14.3 Å². The van der Waals surface area contributed by atoms with E-state index in [2.05, 4.69) is 0 Å². The lowest BCUT2D eigenvalue weighted by atomic mass is 10.2. The normalized spacial score (nSPS) is 39.8. The molecule has 2 aliphatic heterocycles. The number of ketones is 1. The Hall–Kier alpha value is -0.670. The lowest BCUT2D eigenvalue weighted by Crippen LogP contribution is -2.23. The van der Waals surface area contributed by atoms with E-state index in [9.17, 15) is 4.79 Å². The van der Waals surface area contributed by atoms with Gasteiger partial charge in [-0.2, -0.15) is 0 Å². The summed E-state index contributed by atoms with van der Waals surface area (Å²) < 4.78 is 10.0. The topological polar surface area (TPSA) is 35.5 Å². The number of hydrogen-bond acceptors (Lipinski definition) is 3. The van der Waals surface area contributed by atoms with E-state index in [1.807, 2.05) is 0 Å². The molecule has 0 radical (unpaired) electrons. The van der Waals surface area contributed by atoms with Crippen molar-refractivity contribution in [3.63, 3.8) is 0 Å². The van der Waals surface area contributed by atoms with Gasteiger partial charge in [0.05, 0.1) is 6.61 Å². The Bertz CT molecular complexity index is 173. The molecule has 0 amide bonds. The van der Waals surface area contributed by atoms with Gasteiger partial charge < -0.3 is 9.47 Å². The molecule has 1 unspecified atom stereocenters. The highest BCUT2D eigenvalue weighted by Crippen LogP contribution is 2.17. The van der Waals surface area contributed by atoms with Crippen LogP contribution in [0.25, 0.3) is 0 Å². The smallest absolute Gasteiger partial charge is 0.222 e. The first-order valence-corrected chi connectivity index (χ1v) is 2.85. The third kappa shape index (κ3) is 0.693. The summed E-state index contributed by atoms with van der Waals surface area (Å²) in [5.41, 5.74) is 0. The predicted molar refractivity (Wildman–Crippen MR) is 28.8 cm³/mol. The van der Waals surface area contributed by atoms with Crippen LogP contribution in [0.4, 0.5) is 0 Å². The van der Waals surface area contributed by atoms with Crippen LogP contribution in [0.15, 0.2) is 12.2 Å². The molecule has 48 valence electrons. The van der Waals surface area contributed by atoms with Crippen molar-refractivity contribution in [3.05, 3.63) is 12.2 Å². The molecule has 2 aliphatic rings. The molecule has 0 aromatic rings. The van der Waals surface area contributed by atoms with E-state index in [1.165, 1.54) is 6.08 Å². The average Bonchev–Trinajstić information content (AvgIpc) is 2.25. The second kappa shape index (κ2) is 1.65. The Morgan fingerprint density at radius 1 is 1.67 bits per heavy atom. The molecular weight excluding hydrogens is 120 g/mol. The van der Waals surface area contributed by atoms with E-state index in [1.54, 1.807) is 6.08 Å². The van der Waals surface area contributed by atoms with E-state index in [-0.39, 0.29) is 11.9 Å². The number of rotatable bonds is 0. The molecule has 2 bridgehead atoms. The van der Waals surface area contributed by atoms with Gasteiger partial charge in [-0.25, -0.2) is 0 Å². The quantitative estimate of drug-likeness (QED) is 0.453. The lowest BCUT2D eigenvalue weighted by Gasteiger charge is -2.09. The zero-order valence-electron chi connectivity index (χ0n) is 4.74. The molecule has 2 atom stereocenters.